The van der Waals surface area contributed by atoms with Crippen molar-refractivity contribution < 1.29 is 4.79 Å². The molecule has 1 aliphatic heterocycles. The molecule has 106 valence electrons. The first-order valence-electron chi connectivity index (χ1n) is 7.15. The van der Waals surface area contributed by atoms with E-state index in [0.717, 1.165) is 17.7 Å². The van der Waals surface area contributed by atoms with Crippen molar-refractivity contribution in [2.45, 2.75) is 24.4 Å². The predicted molar refractivity (Wildman–Crippen MR) is 83.2 cm³/mol. The van der Waals surface area contributed by atoms with E-state index >= 15 is 0 Å². The highest BCUT2D eigenvalue weighted by Gasteiger charge is 2.44. The molecule has 21 heavy (non-hydrogen) atoms. The third-order valence-electron chi connectivity index (χ3n) is 4.30. The van der Waals surface area contributed by atoms with Crippen LogP contribution in [0.1, 0.15) is 29.5 Å². The van der Waals surface area contributed by atoms with Gasteiger partial charge in [0.2, 0.25) is 0 Å². The van der Waals surface area contributed by atoms with Crippen LogP contribution in [0.5, 0.6) is 0 Å². The smallest absolute Gasteiger partial charge is 0.263 e. The van der Waals surface area contributed by atoms with Crippen LogP contribution >= 0.6 is 11.8 Å². The zero-order valence-electron chi connectivity index (χ0n) is 11.4. The number of benzene rings is 2. The van der Waals surface area contributed by atoms with E-state index in [1.165, 1.54) is 9.98 Å². The van der Waals surface area contributed by atoms with Crippen LogP contribution in [0.2, 0.25) is 0 Å². The van der Waals surface area contributed by atoms with E-state index in [9.17, 15) is 4.79 Å². The standard InChI is InChI=1S/C17H15ClN2O/c18-20-15-9-5-4-8-12(15)16(17(20)21)19-14-10-13(14)11-6-2-1-3-7-11/h1-9,13-14,16,19H,10H2. The highest BCUT2D eigenvalue weighted by molar-refractivity contribution is 6.39. The number of carbonyl (C=O) groups is 1. The second-order valence-electron chi connectivity index (χ2n) is 5.64. The van der Waals surface area contributed by atoms with Gasteiger partial charge in [0.1, 0.15) is 6.04 Å². The Labute approximate surface area is 128 Å². The zero-order valence-corrected chi connectivity index (χ0v) is 12.1. The number of hydrogen-bond donors (Lipinski definition) is 1. The Morgan fingerprint density at radius 1 is 1.05 bits per heavy atom. The lowest BCUT2D eigenvalue weighted by molar-refractivity contribution is -0.118. The van der Waals surface area contributed by atoms with Crippen LogP contribution in [0.15, 0.2) is 54.6 Å². The Balaban J connectivity index is 1.53. The van der Waals surface area contributed by atoms with Gasteiger partial charge < -0.3 is 0 Å². The summed E-state index contributed by atoms with van der Waals surface area (Å²) in [6.45, 7) is 0. The van der Waals surface area contributed by atoms with Gasteiger partial charge in [0.15, 0.2) is 0 Å². The van der Waals surface area contributed by atoms with Gasteiger partial charge in [-0.25, -0.2) is 4.42 Å². The summed E-state index contributed by atoms with van der Waals surface area (Å²) in [5, 5.41) is 3.46. The number of hydrogen-bond acceptors (Lipinski definition) is 2. The van der Waals surface area contributed by atoms with Crippen LogP contribution in [-0.4, -0.2) is 11.9 Å². The summed E-state index contributed by atoms with van der Waals surface area (Å²) in [6, 6.07) is 18.1. The molecule has 0 aromatic heterocycles. The lowest BCUT2D eigenvalue weighted by atomic mass is 10.1. The van der Waals surface area contributed by atoms with Crippen LogP contribution in [0.25, 0.3) is 0 Å². The second-order valence-corrected chi connectivity index (χ2v) is 5.98. The lowest BCUT2D eigenvalue weighted by Crippen LogP contribution is -2.32. The SMILES string of the molecule is O=C1C(NC2CC2c2ccccc2)c2ccccc2N1Cl. The maximum atomic E-state index is 12.3. The predicted octanol–water partition coefficient (Wildman–Crippen LogP) is 3.37. The number of fused-ring (bicyclic) bond motifs is 1. The summed E-state index contributed by atoms with van der Waals surface area (Å²) < 4.78 is 1.23. The van der Waals surface area contributed by atoms with E-state index < -0.39 is 0 Å². The van der Waals surface area contributed by atoms with Crippen molar-refractivity contribution in [2.24, 2.45) is 0 Å². The van der Waals surface area contributed by atoms with Crippen molar-refractivity contribution in [1.29, 1.82) is 0 Å². The molecule has 2 aromatic rings. The molecule has 1 fully saturated rings. The molecule has 1 heterocycles. The molecule has 1 saturated carbocycles. The van der Waals surface area contributed by atoms with Crippen LogP contribution in [0.3, 0.4) is 0 Å². The summed E-state index contributed by atoms with van der Waals surface area (Å²) in [5.41, 5.74) is 3.09. The summed E-state index contributed by atoms with van der Waals surface area (Å²) in [5.74, 6) is 0.409. The molecule has 0 bridgehead atoms. The highest BCUT2D eigenvalue weighted by atomic mass is 35.5. The number of halogens is 1. The van der Waals surface area contributed by atoms with Crippen LogP contribution in [0.4, 0.5) is 5.69 Å². The molecular weight excluding hydrogens is 284 g/mol. The minimum absolute atomic E-state index is 0.0865. The molecule has 1 aliphatic carbocycles. The molecule has 3 unspecified atom stereocenters. The molecule has 2 aromatic carbocycles. The van der Waals surface area contributed by atoms with Crippen molar-refractivity contribution in [3.05, 3.63) is 65.7 Å². The fourth-order valence-electron chi connectivity index (χ4n) is 3.10. The monoisotopic (exact) mass is 298 g/mol. The number of nitrogens with zero attached hydrogens (tertiary/aromatic N) is 1. The van der Waals surface area contributed by atoms with E-state index in [1.807, 2.05) is 30.3 Å². The molecule has 0 radical (unpaired) electrons. The molecule has 0 saturated heterocycles. The topological polar surface area (TPSA) is 32.3 Å². The summed E-state index contributed by atoms with van der Waals surface area (Å²) in [7, 11) is 0. The van der Waals surface area contributed by atoms with Crippen molar-refractivity contribution in [2.75, 3.05) is 4.42 Å². The number of para-hydroxylation sites is 1. The third kappa shape index (κ3) is 2.13. The Bertz CT molecular complexity index is 688. The second kappa shape index (κ2) is 4.86. The first-order valence-corrected chi connectivity index (χ1v) is 7.49. The van der Waals surface area contributed by atoms with E-state index in [2.05, 4.69) is 29.6 Å². The Hall–Kier alpha value is -1.84. The summed E-state index contributed by atoms with van der Waals surface area (Å²) >= 11 is 6.09. The molecular formula is C17H15ClN2O. The number of carbonyl (C=O) groups excluding carboxylic acids is 1. The molecule has 1 amide bonds. The number of rotatable bonds is 3. The van der Waals surface area contributed by atoms with Crippen molar-refractivity contribution in [1.82, 2.24) is 5.32 Å². The molecule has 0 spiro atoms. The third-order valence-corrected chi connectivity index (χ3v) is 4.65. The number of anilines is 1. The van der Waals surface area contributed by atoms with Gasteiger partial charge in [-0.3, -0.25) is 10.1 Å². The first-order chi connectivity index (χ1) is 10.3. The molecule has 4 heteroatoms. The van der Waals surface area contributed by atoms with Gasteiger partial charge in [-0.05, 0) is 18.1 Å². The lowest BCUT2D eigenvalue weighted by Gasteiger charge is -2.12. The summed E-state index contributed by atoms with van der Waals surface area (Å²) in [4.78, 5) is 12.3. The molecule has 3 atom stereocenters. The van der Waals surface area contributed by atoms with E-state index in [1.54, 1.807) is 0 Å². The molecule has 4 rings (SSSR count). The van der Waals surface area contributed by atoms with Crippen LogP contribution in [-0.2, 0) is 4.79 Å². The van der Waals surface area contributed by atoms with E-state index in [4.69, 9.17) is 11.8 Å². The van der Waals surface area contributed by atoms with Crippen LogP contribution in [0, 0.1) is 0 Å². The van der Waals surface area contributed by atoms with Gasteiger partial charge in [-0.2, -0.15) is 0 Å². The number of amides is 1. The average molecular weight is 299 g/mol. The maximum Gasteiger partial charge on any atom is 0.263 e. The Kier molecular flexibility index (Phi) is 2.98. The summed E-state index contributed by atoms with van der Waals surface area (Å²) in [6.07, 6.45) is 1.07. The fourth-order valence-corrected chi connectivity index (χ4v) is 3.35. The van der Waals surface area contributed by atoms with Gasteiger partial charge in [0.05, 0.1) is 5.69 Å². The van der Waals surface area contributed by atoms with Crippen molar-refractivity contribution >= 4 is 23.4 Å². The van der Waals surface area contributed by atoms with Gasteiger partial charge in [-0.15, -0.1) is 0 Å². The van der Waals surface area contributed by atoms with Crippen molar-refractivity contribution in [3.63, 3.8) is 0 Å². The van der Waals surface area contributed by atoms with Gasteiger partial charge in [0.25, 0.3) is 5.91 Å². The largest absolute Gasteiger partial charge is 0.299 e. The molecule has 3 nitrogen and oxygen atoms in total. The van der Waals surface area contributed by atoms with Gasteiger partial charge in [-0.1, -0.05) is 48.5 Å². The Morgan fingerprint density at radius 2 is 1.76 bits per heavy atom. The normalized spacial score (nSPS) is 26.8. The van der Waals surface area contributed by atoms with Crippen LogP contribution < -0.4 is 9.74 Å². The molecule has 2 aliphatic rings. The fraction of sp³-hybridized carbons (Fsp3) is 0.235. The zero-order chi connectivity index (χ0) is 14.4. The quantitative estimate of drug-likeness (QED) is 0.881. The maximum absolute atomic E-state index is 12.3. The minimum Gasteiger partial charge on any atom is -0.299 e. The first kappa shape index (κ1) is 12.9. The van der Waals surface area contributed by atoms with E-state index in [-0.39, 0.29) is 11.9 Å². The number of nitrogens with one attached hydrogen (secondary N) is 1. The van der Waals surface area contributed by atoms with E-state index in [0.29, 0.717) is 12.0 Å². The van der Waals surface area contributed by atoms with Crippen molar-refractivity contribution in [3.8, 4) is 0 Å². The molecule has 1 N–H and O–H groups in total. The van der Waals surface area contributed by atoms with Gasteiger partial charge in [0, 0.05) is 29.3 Å². The average Bonchev–Trinajstić information content (AvgIpc) is 3.27. The highest BCUT2D eigenvalue weighted by Crippen LogP contribution is 2.44. The van der Waals surface area contributed by atoms with Gasteiger partial charge >= 0.3 is 0 Å². The Morgan fingerprint density at radius 3 is 2.57 bits per heavy atom. The minimum atomic E-state index is -0.322.